The highest BCUT2D eigenvalue weighted by Gasteiger charge is 2.13. The second-order valence-electron chi connectivity index (χ2n) is 4.10. The van der Waals surface area contributed by atoms with Crippen LogP contribution in [-0.4, -0.2) is 9.97 Å². The summed E-state index contributed by atoms with van der Waals surface area (Å²) >= 11 is 23.9. The van der Waals surface area contributed by atoms with Gasteiger partial charge in [0.05, 0.1) is 10.0 Å². The van der Waals surface area contributed by atoms with Crippen LogP contribution in [0.3, 0.4) is 0 Å². The molecule has 3 rings (SSSR count). The van der Waals surface area contributed by atoms with Crippen LogP contribution in [0.5, 0.6) is 11.6 Å². The van der Waals surface area contributed by atoms with Crippen LogP contribution in [0.25, 0.3) is 10.9 Å². The summed E-state index contributed by atoms with van der Waals surface area (Å²) in [5.41, 5.74) is 0.605. The largest absolute Gasteiger partial charge is 0.435 e. The van der Waals surface area contributed by atoms with Crippen molar-refractivity contribution in [2.75, 3.05) is 0 Å². The minimum atomic E-state index is 0.113. The molecule has 7 heteroatoms. The summed E-state index contributed by atoms with van der Waals surface area (Å²) in [6.07, 6.45) is 1.65. The fourth-order valence-corrected chi connectivity index (χ4v) is 2.54. The first-order chi connectivity index (χ1) is 10.1. The molecule has 0 radical (unpaired) electrons. The smallest absolute Gasteiger partial charge is 0.239 e. The number of benzene rings is 1. The molecule has 0 aliphatic heterocycles. The van der Waals surface area contributed by atoms with Crippen LogP contribution in [0.15, 0.2) is 36.5 Å². The van der Waals surface area contributed by atoms with Gasteiger partial charge in [-0.05, 0) is 30.3 Å². The van der Waals surface area contributed by atoms with E-state index < -0.39 is 0 Å². The van der Waals surface area contributed by atoms with E-state index in [4.69, 9.17) is 51.1 Å². The minimum absolute atomic E-state index is 0.113. The van der Waals surface area contributed by atoms with Crippen LogP contribution in [0.1, 0.15) is 0 Å². The fourth-order valence-electron chi connectivity index (χ4n) is 1.80. The highest BCUT2D eigenvalue weighted by atomic mass is 35.5. The van der Waals surface area contributed by atoms with Crippen LogP contribution in [0, 0.1) is 0 Å². The van der Waals surface area contributed by atoms with E-state index in [1.54, 1.807) is 24.4 Å². The average molecular weight is 360 g/mol. The van der Waals surface area contributed by atoms with E-state index in [1.165, 1.54) is 6.07 Å². The lowest BCUT2D eigenvalue weighted by Gasteiger charge is -2.10. The van der Waals surface area contributed by atoms with Crippen molar-refractivity contribution < 1.29 is 4.74 Å². The molecule has 0 unspecified atom stereocenters. The topological polar surface area (TPSA) is 35.0 Å². The second kappa shape index (κ2) is 5.85. The third kappa shape index (κ3) is 2.87. The molecule has 0 spiro atoms. The summed E-state index contributed by atoms with van der Waals surface area (Å²) in [5.74, 6) is 0.628. The Hall–Kier alpha value is -1.26. The molecule has 3 nitrogen and oxygen atoms in total. The first kappa shape index (κ1) is 14.7. The number of hydrogen-bond donors (Lipinski definition) is 0. The summed E-state index contributed by atoms with van der Waals surface area (Å²) in [5, 5.41) is 1.98. The van der Waals surface area contributed by atoms with Crippen molar-refractivity contribution in [3.05, 3.63) is 56.7 Å². The first-order valence-corrected chi connectivity index (χ1v) is 7.30. The Kier molecular flexibility index (Phi) is 4.09. The molecule has 0 aliphatic rings. The van der Waals surface area contributed by atoms with Crippen LogP contribution >= 0.6 is 46.4 Å². The third-order valence-electron chi connectivity index (χ3n) is 2.74. The number of hydrogen-bond acceptors (Lipinski definition) is 3. The van der Waals surface area contributed by atoms with Crippen LogP contribution in [-0.2, 0) is 0 Å². The molecule has 2 heterocycles. The molecule has 0 bridgehead atoms. The molecule has 0 fully saturated rings. The van der Waals surface area contributed by atoms with Gasteiger partial charge in [0.2, 0.25) is 5.88 Å². The van der Waals surface area contributed by atoms with Gasteiger partial charge in [0, 0.05) is 11.6 Å². The van der Waals surface area contributed by atoms with E-state index in [0.717, 1.165) is 5.39 Å². The highest BCUT2D eigenvalue weighted by molar-refractivity contribution is 6.42. The van der Waals surface area contributed by atoms with E-state index in [9.17, 15) is 0 Å². The molecule has 0 saturated heterocycles. The van der Waals surface area contributed by atoms with E-state index >= 15 is 0 Å². The number of aromatic nitrogens is 2. The van der Waals surface area contributed by atoms with Gasteiger partial charge >= 0.3 is 0 Å². The summed E-state index contributed by atoms with van der Waals surface area (Å²) in [6.45, 7) is 0. The quantitative estimate of drug-likeness (QED) is 0.523. The van der Waals surface area contributed by atoms with Gasteiger partial charge in [-0.25, -0.2) is 0 Å². The molecule has 2 aromatic heterocycles. The first-order valence-electron chi connectivity index (χ1n) is 5.79. The summed E-state index contributed by atoms with van der Waals surface area (Å²) in [7, 11) is 0. The average Bonchev–Trinajstić information content (AvgIpc) is 2.48. The van der Waals surface area contributed by atoms with Crippen LogP contribution in [0.2, 0.25) is 20.2 Å². The van der Waals surface area contributed by atoms with Gasteiger partial charge in [-0.15, -0.1) is 0 Å². The number of fused-ring (bicyclic) bond motifs is 1. The van der Waals surface area contributed by atoms with Crippen molar-refractivity contribution in [2.45, 2.75) is 0 Å². The molecule has 0 amide bonds. The van der Waals surface area contributed by atoms with Crippen LogP contribution in [0.4, 0.5) is 0 Å². The highest BCUT2D eigenvalue weighted by Crippen LogP contribution is 2.36. The SMILES string of the molecule is Clc1cc(Cl)c(Oc2ccc(Cl)c3cccnc23)nc1Cl. The van der Waals surface area contributed by atoms with Gasteiger partial charge in [0.1, 0.15) is 10.5 Å². The third-order valence-corrected chi connectivity index (χ3v) is 4.01. The Labute approximate surface area is 140 Å². The standard InChI is InChI=1S/C14H6Cl4N2O/c15-8-3-4-11(12-7(8)2-1-5-19-12)21-14-10(17)6-9(16)13(18)20-14/h1-6H. The monoisotopic (exact) mass is 358 g/mol. The molecule has 0 aliphatic carbocycles. The predicted octanol–water partition coefficient (Wildman–Crippen LogP) is 6.04. The fraction of sp³-hybridized carbons (Fsp3) is 0. The maximum Gasteiger partial charge on any atom is 0.239 e. The van der Waals surface area contributed by atoms with E-state index in [0.29, 0.717) is 16.3 Å². The number of halogens is 4. The molecule has 3 aromatic rings. The van der Waals surface area contributed by atoms with Crippen molar-refractivity contribution in [3.63, 3.8) is 0 Å². The Morgan fingerprint density at radius 1 is 0.905 bits per heavy atom. The number of pyridine rings is 2. The second-order valence-corrected chi connectivity index (χ2v) is 5.67. The Balaban J connectivity index is 2.11. The maximum atomic E-state index is 6.13. The van der Waals surface area contributed by atoms with E-state index in [-0.39, 0.29) is 21.1 Å². The summed E-state index contributed by atoms with van der Waals surface area (Å²) < 4.78 is 5.71. The Bertz CT molecular complexity index is 839. The van der Waals surface area contributed by atoms with Gasteiger partial charge in [-0.2, -0.15) is 4.98 Å². The summed E-state index contributed by atoms with van der Waals surface area (Å²) in [4.78, 5) is 8.28. The molecule has 106 valence electrons. The van der Waals surface area contributed by atoms with Crippen LogP contribution < -0.4 is 4.74 Å². The Morgan fingerprint density at radius 3 is 2.52 bits per heavy atom. The van der Waals surface area contributed by atoms with Gasteiger partial charge < -0.3 is 4.74 Å². The molecule has 0 saturated carbocycles. The molecule has 0 atom stereocenters. The lowest BCUT2D eigenvalue weighted by molar-refractivity contribution is 0.467. The minimum Gasteiger partial charge on any atom is -0.435 e. The lowest BCUT2D eigenvalue weighted by atomic mass is 10.2. The summed E-state index contributed by atoms with van der Waals surface area (Å²) in [6, 6.07) is 8.52. The van der Waals surface area contributed by atoms with E-state index in [1.807, 2.05) is 6.07 Å². The normalized spacial score (nSPS) is 10.9. The van der Waals surface area contributed by atoms with Gasteiger partial charge in [-0.1, -0.05) is 46.4 Å². The zero-order valence-corrected chi connectivity index (χ0v) is 13.3. The van der Waals surface area contributed by atoms with Gasteiger partial charge in [0.25, 0.3) is 0 Å². The van der Waals surface area contributed by atoms with Crippen molar-refractivity contribution in [2.24, 2.45) is 0 Å². The lowest BCUT2D eigenvalue weighted by Crippen LogP contribution is -1.92. The van der Waals surface area contributed by atoms with Gasteiger partial charge in [0.15, 0.2) is 10.9 Å². The van der Waals surface area contributed by atoms with Crippen molar-refractivity contribution in [3.8, 4) is 11.6 Å². The predicted molar refractivity (Wildman–Crippen MR) is 86.1 cm³/mol. The van der Waals surface area contributed by atoms with Crippen molar-refractivity contribution >= 4 is 57.3 Å². The van der Waals surface area contributed by atoms with E-state index in [2.05, 4.69) is 9.97 Å². The zero-order chi connectivity index (χ0) is 15.0. The van der Waals surface area contributed by atoms with Crippen molar-refractivity contribution in [1.82, 2.24) is 9.97 Å². The Morgan fingerprint density at radius 2 is 1.71 bits per heavy atom. The molecule has 1 aromatic carbocycles. The van der Waals surface area contributed by atoms with Crippen molar-refractivity contribution in [1.29, 1.82) is 0 Å². The zero-order valence-electron chi connectivity index (χ0n) is 10.3. The molecular formula is C14H6Cl4N2O. The van der Waals surface area contributed by atoms with Gasteiger partial charge in [-0.3, -0.25) is 4.98 Å². The number of ether oxygens (including phenoxy) is 1. The maximum absolute atomic E-state index is 6.13. The molecule has 0 N–H and O–H groups in total. The number of rotatable bonds is 2. The number of nitrogens with zero attached hydrogens (tertiary/aromatic N) is 2. The molecular weight excluding hydrogens is 354 g/mol. The molecule has 21 heavy (non-hydrogen) atoms.